The molecule has 0 bridgehead atoms. The van der Waals surface area contributed by atoms with Crippen molar-refractivity contribution in [1.82, 2.24) is 10.3 Å². The molecule has 4 nitrogen and oxygen atoms in total. The number of methoxy groups -OCH3 is 1. The lowest BCUT2D eigenvalue weighted by molar-refractivity contribution is 0.180. The molecule has 1 unspecified atom stereocenters. The zero-order valence-corrected chi connectivity index (χ0v) is 13.8. The van der Waals surface area contributed by atoms with Gasteiger partial charge in [-0.15, -0.1) is 11.3 Å². The van der Waals surface area contributed by atoms with Crippen LogP contribution in [0.25, 0.3) is 0 Å². The Morgan fingerprint density at radius 2 is 2.25 bits per heavy atom. The van der Waals surface area contributed by atoms with E-state index in [4.69, 9.17) is 14.5 Å². The van der Waals surface area contributed by atoms with Gasteiger partial charge in [-0.1, -0.05) is 0 Å². The molecule has 1 aliphatic rings. The van der Waals surface area contributed by atoms with Crippen LogP contribution in [0.1, 0.15) is 42.8 Å². The number of nitrogens with zero attached hydrogens (tertiary/aromatic N) is 1. The van der Waals surface area contributed by atoms with Crippen LogP contribution in [0.4, 0.5) is 0 Å². The first-order chi connectivity index (χ1) is 9.48. The average Bonchev–Trinajstić information content (AvgIpc) is 2.97. The number of hydrogen-bond acceptors (Lipinski definition) is 5. The maximum absolute atomic E-state index is 5.45. The van der Waals surface area contributed by atoms with Gasteiger partial charge in [0.2, 0.25) is 0 Å². The Kier molecular flexibility index (Phi) is 5.55. The van der Waals surface area contributed by atoms with Crippen molar-refractivity contribution in [3.8, 4) is 0 Å². The molecular formula is C15H26N2O2S. The third-order valence-electron chi connectivity index (χ3n) is 3.37. The van der Waals surface area contributed by atoms with Crippen LogP contribution in [0, 0.1) is 5.92 Å². The molecule has 5 heteroatoms. The summed E-state index contributed by atoms with van der Waals surface area (Å²) in [5.41, 5.74) is 1.21. The van der Waals surface area contributed by atoms with Crippen LogP contribution in [0.5, 0.6) is 0 Å². The molecule has 2 rings (SSSR count). The van der Waals surface area contributed by atoms with Crippen molar-refractivity contribution in [2.24, 2.45) is 5.92 Å². The molecule has 0 aliphatic carbocycles. The van der Waals surface area contributed by atoms with Crippen LogP contribution < -0.4 is 5.32 Å². The summed E-state index contributed by atoms with van der Waals surface area (Å²) in [6.45, 7) is 9.79. The number of ether oxygens (including phenoxy) is 2. The Labute approximate surface area is 125 Å². The third-order valence-corrected chi connectivity index (χ3v) is 4.49. The highest BCUT2D eigenvalue weighted by Gasteiger charge is 2.20. The second kappa shape index (κ2) is 6.98. The maximum atomic E-state index is 5.45. The van der Waals surface area contributed by atoms with E-state index >= 15 is 0 Å². The lowest BCUT2D eigenvalue weighted by Gasteiger charge is -2.20. The van der Waals surface area contributed by atoms with Crippen molar-refractivity contribution in [3.05, 3.63) is 15.6 Å². The number of aromatic nitrogens is 1. The zero-order chi connectivity index (χ0) is 14.6. The average molecular weight is 298 g/mol. The molecule has 20 heavy (non-hydrogen) atoms. The first-order valence-corrected chi connectivity index (χ1v) is 8.09. The molecule has 1 N–H and O–H groups in total. The van der Waals surface area contributed by atoms with Gasteiger partial charge in [-0.05, 0) is 33.1 Å². The molecule has 114 valence electrons. The smallest absolute Gasteiger partial charge is 0.0936 e. The monoisotopic (exact) mass is 298 g/mol. The van der Waals surface area contributed by atoms with E-state index in [0.29, 0.717) is 12.5 Å². The third kappa shape index (κ3) is 4.81. The van der Waals surface area contributed by atoms with Gasteiger partial charge in [0, 0.05) is 43.7 Å². The molecule has 2 heterocycles. The normalized spacial score (nSPS) is 19.7. The molecule has 0 radical (unpaired) electrons. The van der Waals surface area contributed by atoms with Crippen LogP contribution in [0.15, 0.2) is 0 Å². The van der Waals surface area contributed by atoms with Crippen molar-refractivity contribution in [2.45, 2.75) is 52.3 Å². The molecule has 0 amide bonds. The SMILES string of the molecule is COCc1nc(CC2CCOC2)sc1CNC(C)(C)C. The van der Waals surface area contributed by atoms with Gasteiger partial charge >= 0.3 is 0 Å². The number of hydrogen-bond donors (Lipinski definition) is 1. The Hall–Kier alpha value is -0.490. The highest BCUT2D eigenvalue weighted by atomic mass is 32.1. The van der Waals surface area contributed by atoms with Crippen molar-refractivity contribution >= 4 is 11.3 Å². The fourth-order valence-corrected chi connectivity index (χ4v) is 3.37. The Morgan fingerprint density at radius 3 is 2.85 bits per heavy atom. The van der Waals surface area contributed by atoms with Gasteiger partial charge in [0.15, 0.2) is 0 Å². The zero-order valence-electron chi connectivity index (χ0n) is 13.0. The van der Waals surface area contributed by atoms with Crippen LogP contribution >= 0.6 is 11.3 Å². The van der Waals surface area contributed by atoms with Crippen molar-refractivity contribution in [1.29, 1.82) is 0 Å². The predicted octanol–water partition coefficient (Wildman–Crippen LogP) is 2.76. The highest BCUT2D eigenvalue weighted by molar-refractivity contribution is 7.11. The largest absolute Gasteiger partial charge is 0.381 e. The Balaban J connectivity index is 2.02. The van der Waals surface area contributed by atoms with E-state index < -0.39 is 0 Å². The minimum absolute atomic E-state index is 0.119. The Morgan fingerprint density at radius 1 is 1.45 bits per heavy atom. The van der Waals surface area contributed by atoms with Gasteiger partial charge in [-0.25, -0.2) is 4.98 Å². The van der Waals surface area contributed by atoms with E-state index in [9.17, 15) is 0 Å². The topological polar surface area (TPSA) is 43.4 Å². The van der Waals surface area contributed by atoms with Crippen LogP contribution in [0.3, 0.4) is 0 Å². The maximum Gasteiger partial charge on any atom is 0.0936 e. The summed E-state index contributed by atoms with van der Waals surface area (Å²) in [7, 11) is 1.73. The van der Waals surface area contributed by atoms with E-state index in [-0.39, 0.29) is 5.54 Å². The molecule has 1 atom stereocenters. The summed E-state index contributed by atoms with van der Waals surface area (Å²) < 4.78 is 10.7. The van der Waals surface area contributed by atoms with Gasteiger partial charge < -0.3 is 14.8 Å². The van der Waals surface area contributed by atoms with Gasteiger partial charge in [-0.3, -0.25) is 0 Å². The van der Waals surface area contributed by atoms with E-state index in [1.165, 1.54) is 9.88 Å². The summed E-state index contributed by atoms with van der Waals surface area (Å²) >= 11 is 1.82. The quantitative estimate of drug-likeness (QED) is 0.877. The first kappa shape index (κ1) is 15.9. The minimum atomic E-state index is 0.119. The van der Waals surface area contributed by atoms with Crippen molar-refractivity contribution in [2.75, 3.05) is 20.3 Å². The van der Waals surface area contributed by atoms with Crippen LogP contribution in [-0.4, -0.2) is 30.8 Å². The van der Waals surface area contributed by atoms with Gasteiger partial charge in [0.1, 0.15) is 0 Å². The lowest BCUT2D eigenvalue weighted by atomic mass is 10.1. The van der Waals surface area contributed by atoms with Gasteiger partial charge in [-0.2, -0.15) is 0 Å². The summed E-state index contributed by atoms with van der Waals surface area (Å²) in [5.74, 6) is 0.639. The molecule has 0 spiro atoms. The summed E-state index contributed by atoms with van der Waals surface area (Å²) in [4.78, 5) is 6.06. The van der Waals surface area contributed by atoms with Crippen LogP contribution in [0.2, 0.25) is 0 Å². The van der Waals surface area contributed by atoms with Crippen molar-refractivity contribution < 1.29 is 9.47 Å². The molecule has 1 aromatic heterocycles. The highest BCUT2D eigenvalue weighted by Crippen LogP contribution is 2.25. The van der Waals surface area contributed by atoms with Crippen molar-refractivity contribution in [3.63, 3.8) is 0 Å². The number of thiazole rings is 1. The summed E-state index contributed by atoms with van der Waals surface area (Å²) in [6.07, 6.45) is 2.20. The second-order valence-electron chi connectivity index (χ2n) is 6.45. The van der Waals surface area contributed by atoms with E-state index in [2.05, 4.69) is 26.1 Å². The lowest BCUT2D eigenvalue weighted by Crippen LogP contribution is -2.35. The molecule has 1 aliphatic heterocycles. The van der Waals surface area contributed by atoms with Gasteiger partial charge in [0.05, 0.1) is 17.3 Å². The second-order valence-corrected chi connectivity index (χ2v) is 7.62. The molecule has 1 aromatic rings. The fourth-order valence-electron chi connectivity index (χ4n) is 2.25. The number of nitrogens with one attached hydrogen (secondary N) is 1. The summed E-state index contributed by atoms with van der Waals surface area (Å²) in [5, 5.41) is 4.75. The fraction of sp³-hybridized carbons (Fsp3) is 0.800. The standard InChI is InChI=1S/C15H26N2O2S/c1-15(2,3)16-8-13-12(10-18-4)17-14(20-13)7-11-5-6-19-9-11/h11,16H,5-10H2,1-4H3. The molecule has 0 saturated carbocycles. The summed E-state index contributed by atoms with van der Waals surface area (Å²) in [6, 6.07) is 0. The molecular weight excluding hydrogens is 272 g/mol. The first-order valence-electron chi connectivity index (χ1n) is 7.27. The van der Waals surface area contributed by atoms with Crippen LogP contribution in [-0.2, 0) is 29.0 Å². The van der Waals surface area contributed by atoms with Gasteiger partial charge in [0.25, 0.3) is 0 Å². The molecule has 1 fully saturated rings. The Bertz CT molecular complexity index is 420. The molecule has 1 saturated heterocycles. The minimum Gasteiger partial charge on any atom is -0.381 e. The predicted molar refractivity (Wildman–Crippen MR) is 82.0 cm³/mol. The number of rotatable bonds is 6. The van der Waals surface area contributed by atoms with E-state index in [1.54, 1.807) is 7.11 Å². The molecule has 0 aromatic carbocycles. The van der Waals surface area contributed by atoms with E-state index in [1.807, 2.05) is 11.3 Å². The van der Waals surface area contributed by atoms with E-state index in [0.717, 1.165) is 38.3 Å².